The summed E-state index contributed by atoms with van der Waals surface area (Å²) in [5.74, 6) is -3.33. The minimum absolute atomic E-state index is 0.000220. The summed E-state index contributed by atoms with van der Waals surface area (Å²) < 4.78 is 0. The Kier molecular flexibility index (Phi) is 12.4. The lowest BCUT2D eigenvalue weighted by Gasteiger charge is -2.24. The molecule has 5 unspecified atom stereocenters. The molecule has 12 nitrogen and oxygen atoms in total. The molecule has 190 valence electrons. The van der Waals surface area contributed by atoms with E-state index in [0.29, 0.717) is 11.3 Å². The fourth-order valence-electron chi connectivity index (χ4n) is 2.80. The summed E-state index contributed by atoms with van der Waals surface area (Å²) in [6.45, 7) is 0.504. The summed E-state index contributed by atoms with van der Waals surface area (Å²) >= 11 is 1.41. The molecule has 0 aliphatic carbocycles. The van der Waals surface area contributed by atoms with Crippen molar-refractivity contribution in [3.05, 3.63) is 29.8 Å². The minimum Gasteiger partial charge on any atom is -0.508 e. The number of carbonyl (C=O) groups is 4. The third-order valence-corrected chi connectivity index (χ3v) is 5.52. The van der Waals surface area contributed by atoms with Crippen LogP contribution in [0, 0.1) is 0 Å². The van der Waals surface area contributed by atoms with Crippen molar-refractivity contribution >= 4 is 35.5 Å². The van der Waals surface area contributed by atoms with E-state index in [2.05, 4.69) is 16.0 Å². The van der Waals surface area contributed by atoms with Gasteiger partial charge in [-0.05, 0) is 43.0 Å². The number of phenols is 1. The maximum Gasteiger partial charge on any atom is 0.326 e. The lowest BCUT2D eigenvalue weighted by atomic mass is 10.1. The van der Waals surface area contributed by atoms with Gasteiger partial charge in [-0.3, -0.25) is 14.4 Å². The number of hydrogen-bond donors (Lipinski definition) is 8. The maximum atomic E-state index is 12.7. The molecule has 1 aromatic carbocycles. The van der Waals surface area contributed by atoms with Crippen LogP contribution in [0.3, 0.4) is 0 Å². The summed E-state index contributed by atoms with van der Waals surface area (Å²) in [6, 6.07) is 0.543. The summed E-state index contributed by atoms with van der Waals surface area (Å²) in [4.78, 5) is 49.1. The molecule has 0 spiro atoms. The van der Waals surface area contributed by atoms with Crippen LogP contribution in [-0.4, -0.2) is 93.0 Å². The Bertz CT molecular complexity index is 837. The number of amides is 3. The van der Waals surface area contributed by atoms with E-state index in [9.17, 15) is 39.6 Å². The van der Waals surface area contributed by atoms with Crippen molar-refractivity contribution in [3.63, 3.8) is 0 Å². The zero-order chi connectivity index (χ0) is 25.8. The molecular formula is C21H32N4O8S. The van der Waals surface area contributed by atoms with E-state index in [0.717, 1.165) is 0 Å². The minimum atomic E-state index is -1.48. The number of rotatable bonds is 14. The highest BCUT2D eigenvalue weighted by atomic mass is 32.2. The van der Waals surface area contributed by atoms with Crippen molar-refractivity contribution in [1.82, 2.24) is 16.0 Å². The van der Waals surface area contributed by atoms with Gasteiger partial charge in [-0.2, -0.15) is 11.8 Å². The summed E-state index contributed by atoms with van der Waals surface area (Å²) in [5.41, 5.74) is 6.13. The van der Waals surface area contributed by atoms with Gasteiger partial charge in [-0.25, -0.2) is 4.79 Å². The number of aliphatic hydroxyl groups excluding tert-OH is 2. The zero-order valence-electron chi connectivity index (χ0n) is 18.9. The summed E-state index contributed by atoms with van der Waals surface area (Å²) in [5, 5.41) is 44.9. The molecule has 0 radical (unpaired) electrons. The van der Waals surface area contributed by atoms with E-state index in [-0.39, 0.29) is 18.6 Å². The maximum absolute atomic E-state index is 12.7. The van der Waals surface area contributed by atoms with Crippen LogP contribution in [0.4, 0.5) is 0 Å². The van der Waals surface area contributed by atoms with Gasteiger partial charge in [0.15, 0.2) is 0 Å². The zero-order valence-corrected chi connectivity index (χ0v) is 19.7. The predicted octanol–water partition coefficient (Wildman–Crippen LogP) is -2.07. The topological polar surface area (TPSA) is 211 Å². The summed E-state index contributed by atoms with van der Waals surface area (Å²) in [6.07, 6.45) is 0.727. The highest BCUT2D eigenvalue weighted by Gasteiger charge is 2.30. The Labute approximate surface area is 201 Å². The molecule has 9 N–H and O–H groups in total. The fourth-order valence-corrected chi connectivity index (χ4v) is 3.27. The first-order valence-electron chi connectivity index (χ1n) is 10.4. The van der Waals surface area contributed by atoms with Gasteiger partial charge in [0, 0.05) is 6.42 Å². The highest BCUT2D eigenvalue weighted by Crippen LogP contribution is 2.11. The second-order valence-electron chi connectivity index (χ2n) is 7.62. The number of aromatic hydroxyl groups is 1. The molecule has 5 atom stereocenters. The smallest absolute Gasteiger partial charge is 0.326 e. The van der Waals surface area contributed by atoms with Crippen LogP contribution in [0.1, 0.15) is 18.9 Å². The molecule has 0 fully saturated rings. The average Bonchev–Trinajstić information content (AvgIpc) is 2.79. The Morgan fingerprint density at radius 3 is 2.00 bits per heavy atom. The van der Waals surface area contributed by atoms with Crippen molar-refractivity contribution < 1.29 is 39.6 Å². The SMILES string of the molecule is CSCCC(NC(=O)C(N)C(C)O)C(=O)NC(CO)C(=O)NC(Cc1ccc(O)cc1)C(=O)O. The fraction of sp³-hybridized carbons (Fsp3) is 0.524. The first-order valence-corrected chi connectivity index (χ1v) is 11.8. The molecule has 13 heteroatoms. The van der Waals surface area contributed by atoms with E-state index >= 15 is 0 Å². The third-order valence-electron chi connectivity index (χ3n) is 4.87. The first kappa shape index (κ1) is 29.2. The molecule has 0 aromatic heterocycles. The predicted molar refractivity (Wildman–Crippen MR) is 125 cm³/mol. The summed E-state index contributed by atoms with van der Waals surface area (Å²) in [7, 11) is 0. The highest BCUT2D eigenvalue weighted by molar-refractivity contribution is 7.98. The van der Waals surface area contributed by atoms with Gasteiger partial charge in [-0.1, -0.05) is 12.1 Å². The molecule has 0 saturated carbocycles. The normalized spacial score (nSPS) is 15.3. The van der Waals surface area contributed by atoms with Gasteiger partial charge in [0.1, 0.15) is 29.9 Å². The van der Waals surface area contributed by atoms with Crippen LogP contribution in [-0.2, 0) is 25.6 Å². The van der Waals surface area contributed by atoms with Crippen LogP contribution in [0.25, 0.3) is 0 Å². The van der Waals surface area contributed by atoms with E-state index < -0.39 is 60.6 Å². The van der Waals surface area contributed by atoms with Crippen molar-refractivity contribution in [3.8, 4) is 5.75 Å². The van der Waals surface area contributed by atoms with Gasteiger partial charge in [-0.15, -0.1) is 0 Å². The Morgan fingerprint density at radius 2 is 1.50 bits per heavy atom. The molecular weight excluding hydrogens is 468 g/mol. The number of phenolic OH excluding ortho intramolecular Hbond substituents is 1. The second kappa shape index (κ2) is 14.4. The van der Waals surface area contributed by atoms with Crippen molar-refractivity contribution in [1.29, 1.82) is 0 Å². The van der Waals surface area contributed by atoms with Crippen LogP contribution < -0.4 is 21.7 Å². The largest absolute Gasteiger partial charge is 0.508 e. The molecule has 0 aliphatic rings. The van der Waals surface area contributed by atoms with Gasteiger partial charge in [0.05, 0.1) is 12.7 Å². The number of carbonyl (C=O) groups excluding carboxylic acids is 3. The van der Waals surface area contributed by atoms with E-state index in [4.69, 9.17) is 5.73 Å². The van der Waals surface area contributed by atoms with Crippen LogP contribution >= 0.6 is 11.8 Å². The van der Waals surface area contributed by atoms with Gasteiger partial charge in [0.25, 0.3) is 0 Å². The third kappa shape index (κ3) is 9.55. The van der Waals surface area contributed by atoms with Gasteiger partial charge >= 0.3 is 5.97 Å². The van der Waals surface area contributed by atoms with Crippen LogP contribution in [0.2, 0.25) is 0 Å². The molecule has 1 rings (SSSR count). The quantitative estimate of drug-likeness (QED) is 0.140. The molecule has 0 saturated heterocycles. The van der Waals surface area contributed by atoms with Crippen molar-refractivity contribution in [2.24, 2.45) is 5.73 Å². The molecule has 34 heavy (non-hydrogen) atoms. The Balaban J connectivity index is 2.86. The number of thioether (sulfide) groups is 1. The van der Waals surface area contributed by atoms with E-state index in [1.165, 1.54) is 43.0 Å². The van der Waals surface area contributed by atoms with E-state index in [1.807, 2.05) is 0 Å². The molecule has 0 bridgehead atoms. The lowest BCUT2D eigenvalue weighted by molar-refractivity contribution is -0.142. The molecule has 1 aromatic rings. The number of aliphatic hydroxyl groups is 2. The average molecular weight is 501 g/mol. The lowest BCUT2D eigenvalue weighted by Crippen LogP contribution is -2.59. The number of benzene rings is 1. The number of aliphatic carboxylic acids is 1. The van der Waals surface area contributed by atoms with Crippen LogP contribution in [0.5, 0.6) is 5.75 Å². The number of carboxylic acid groups (broad SMARTS) is 1. The number of carboxylic acids is 1. The van der Waals surface area contributed by atoms with Crippen LogP contribution in [0.15, 0.2) is 24.3 Å². The Morgan fingerprint density at radius 1 is 0.971 bits per heavy atom. The Hall–Kier alpha value is -2.87. The van der Waals surface area contributed by atoms with Crippen molar-refractivity contribution in [2.75, 3.05) is 18.6 Å². The molecule has 0 heterocycles. The van der Waals surface area contributed by atoms with Gasteiger partial charge < -0.3 is 42.1 Å². The second-order valence-corrected chi connectivity index (χ2v) is 8.61. The van der Waals surface area contributed by atoms with E-state index in [1.54, 1.807) is 6.26 Å². The van der Waals surface area contributed by atoms with Crippen molar-refractivity contribution in [2.45, 2.75) is 50.0 Å². The number of nitrogens with one attached hydrogen (secondary N) is 3. The molecule has 0 aliphatic heterocycles. The monoisotopic (exact) mass is 500 g/mol. The standard InChI is InChI=1S/C21H32N4O8S/c1-11(27)17(22)20(31)23-14(7-8-34-2)18(29)25-16(10-26)19(30)24-15(21(32)33)9-12-3-5-13(28)6-4-12/h3-6,11,14-17,26-28H,7-10,22H2,1-2H3,(H,23,31)(H,24,30)(H,25,29)(H,32,33). The van der Waals surface area contributed by atoms with Gasteiger partial charge in [0.2, 0.25) is 17.7 Å². The number of hydrogen-bond acceptors (Lipinski definition) is 9. The number of nitrogens with two attached hydrogens (primary N) is 1. The first-order chi connectivity index (χ1) is 16.0. The molecule has 3 amide bonds.